The summed E-state index contributed by atoms with van der Waals surface area (Å²) in [6.45, 7) is 4.89. The van der Waals surface area contributed by atoms with Crippen molar-refractivity contribution >= 4 is 5.91 Å². The lowest BCUT2D eigenvalue weighted by atomic mass is 10.0. The van der Waals surface area contributed by atoms with Crippen molar-refractivity contribution in [3.8, 4) is 17.1 Å². The third-order valence-corrected chi connectivity index (χ3v) is 4.80. The molecule has 3 heterocycles. The van der Waals surface area contributed by atoms with Crippen molar-refractivity contribution < 1.29 is 4.79 Å². The third-order valence-electron chi connectivity index (χ3n) is 4.80. The van der Waals surface area contributed by atoms with E-state index in [0.717, 1.165) is 22.6 Å². The van der Waals surface area contributed by atoms with Gasteiger partial charge in [-0.05, 0) is 37.1 Å². The first kappa shape index (κ1) is 15.6. The van der Waals surface area contributed by atoms with Gasteiger partial charge in [0.25, 0.3) is 0 Å². The van der Waals surface area contributed by atoms with Crippen LogP contribution in [0.1, 0.15) is 23.6 Å². The van der Waals surface area contributed by atoms with Crippen molar-refractivity contribution in [3.63, 3.8) is 0 Å². The van der Waals surface area contributed by atoms with Crippen LogP contribution in [0.3, 0.4) is 0 Å². The highest BCUT2D eigenvalue weighted by Crippen LogP contribution is 2.33. The maximum Gasteiger partial charge on any atom is 0.224 e. The van der Waals surface area contributed by atoms with Crippen LogP contribution >= 0.6 is 0 Å². The number of carbonyl (C=O) groups is 1. The van der Waals surface area contributed by atoms with Crippen molar-refractivity contribution in [2.45, 2.75) is 26.3 Å². The van der Waals surface area contributed by atoms with Crippen LogP contribution in [0.25, 0.3) is 17.1 Å². The van der Waals surface area contributed by atoms with Crippen molar-refractivity contribution in [1.29, 1.82) is 0 Å². The molecule has 0 saturated carbocycles. The SMILES string of the molecule is Cc1cc(C)c(-n2cccn2)c(-c2nccn2C2CC(=O)N(C)C2)c1. The standard InChI is InChI=1S/C19H21N5O/c1-13-9-14(2)18(24-7-4-5-21-24)16(10-13)19-20-6-8-23(19)15-11-17(25)22(3)12-15/h4-10,15H,11-12H2,1-3H3. The van der Waals surface area contributed by atoms with Crippen LogP contribution in [0.2, 0.25) is 0 Å². The molecule has 1 aliphatic heterocycles. The number of carbonyl (C=O) groups excluding carboxylic acids is 1. The minimum absolute atomic E-state index is 0.112. The molecule has 128 valence electrons. The van der Waals surface area contributed by atoms with Gasteiger partial charge in [-0.25, -0.2) is 9.67 Å². The molecule has 1 amide bonds. The first-order valence-electron chi connectivity index (χ1n) is 8.43. The van der Waals surface area contributed by atoms with Gasteiger partial charge < -0.3 is 9.47 Å². The molecule has 0 bridgehead atoms. The first-order valence-corrected chi connectivity index (χ1v) is 8.43. The molecule has 25 heavy (non-hydrogen) atoms. The predicted molar refractivity (Wildman–Crippen MR) is 95.6 cm³/mol. The molecule has 1 aliphatic rings. The average Bonchev–Trinajstić information content (AvgIpc) is 3.28. The highest BCUT2D eigenvalue weighted by Gasteiger charge is 2.30. The molecule has 0 N–H and O–H groups in total. The number of likely N-dealkylation sites (N-methyl/N-ethyl adjacent to an activating group) is 1. The van der Waals surface area contributed by atoms with E-state index in [1.54, 1.807) is 11.1 Å². The molecular weight excluding hydrogens is 314 g/mol. The molecule has 2 aromatic heterocycles. The zero-order valence-electron chi connectivity index (χ0n) is 14.7. The van der Waals surface area contributed by atoms with E-state index in [4.69, 9.17) is 0 Å². The molecule has 1 fully saturated rings. The number of amides is 1. The van der Waals surface area contributed by atoms with Crippen LogP contribution in [0.5, 0.6) is 0 Å². The van der Waals surface area contributed by atoms with Gasteiger partial charge in [0.2, 0.25) is 5.91 Å². The van der Waals surface area contributed by atoms with E-state index in [9.17, 15) is 4.79 Å². The van der Waals surface area contributed by atoms with Crippen LogP contribution in [-0.4, -0.2) is 43.7 Å². The maximum atomic E-state index is 12.0. The smallest absolute Gasteiger partial charge is 0.224 e. The topological polar surface area (TPSA) is 56.0 Å². The van der Waals surface area contributed by atoms with Crippen molar-refractivity contribution in [1.82, 2.24) is 24.2 Å². The second-order valence-electron chi connectivity index (χ2n) is 6.72. The van der Waals surface area contributed by atoms with Gasteiger partial charge in [-0.1, -0.05) is 6.07 Å². The van der Waals surface area contributed by atoms with Gasteiger partial charge in [0, 0.05) is 50.4 Å². The fourth-order valence-corrected chi connectivity index (χ4v) is 3.68. The van der Waals surface area contributed by atoms with E-state index in [-0.39, 0.29) is 11.9 Å². The molecule has 0 radical (unpaired) electrons. The number of imidazole rings is 1. The van der Waals surface area contributed by atoms with Gasteiger partial charge in [0.05, 0.1) is 11.7 Å². The Labute approximate surface area is 146 Å². The summed E-state index contributed by atoms with van der Waals surface area (Å²) >= 11 is 0. The van der Waals surface area contributed by atoms with E-state index in [0.29, 0.717) is 13.0 Å². The van der Waals surface area contributed by atoms with Gasteiger partial charge >= 0.3 is 0 Å². The number of hydrogen-bond donors (Lipinski definition) is 0. The Morgan fingerprint density at radius 3 is 2.68 bits per heavy atom. The lowest BCUT2D eigenvalue weighted by molar-refractivity contribution is -0.126. The number of benzene rings is 1. The maximum absolute atomic E-state index is 12.0. The Bertz CT molecular complexity index is 925. The summed E-state index contributed by atoms with van der Waals surface area (Å²) in [5.41, 5.74) is 4.39. The predicted octanol–water partition coefficient (Wildman–Crippen LogP) is 2.76. The molecule has 3 aromatic rings. The van der Waals surface area contributed by atoms with Crippen LogP contribution in [-0.2, 0) is 4.79 Å². The molecule has 1 aromatic carbocycles. The van der Waals surface area contributed by atoms with Crippen molar-refractivity contribution in [2.24, 2.45) is 0 Å². The van der Waals surface area contributed by atoms with Gasteiger partial charge in [-0.15, -0.1) is 0 Å². The third kappa shape index (κ3) is 2.63. The quantitative estimate of drug-likeness (QED) is 0.739. The number of hydrogen-bond acceptors (Lipinski definition) is 3. The number of nitrogens with zero attached hydrogens (tertiary/aromatic N) is 5. The van der Waals surface area contributed by atoms with Crippen LogP contribution in [0.4, 0.5) is 0 Å². The van der Waals surface area contributed by atoms with Crippen LogP contribution in [0, 0.1) is 13.8 Å². The normalized spacial score (nSPS) is 17.5. The molecule has 6 heteroatoms. The first-order chi connectivity index (χ1) is 12.0. The fourth-order valence-electron chi connectivity index (χ4n) is 3.68. The minimum atomic E-state index is 0.112. The number of aryl methyl sites for hydroxylation is 2. The molecule has 0 aliphatic carbocycles. The summed E-state index contributed by atoms with van der Waals surface area (Å²) in [6.07, 6.45) is 8.02. The largest absolute Gasteiger partial charge is 0.344 e. The Morgan fingerprint density at radius 2 is 2.00 bits per heavy atom. The van der Waals surface area contributed by atoms with E-state index in [2.05, 4.69) is 40.6 Å². The molecule has 4 rings (SSSR count). The molecular formula is C19H21N5O. The monoisotopic (exact) mass is 335 g/mol. The number of aromatic nitrogens is 4. The van der Waals surface area contributed by atoms with E-state index < -0.39 is 0 Å². The van der Waals surface area contributed by atoms with E-state index in [1.807, 2.05) is 36.4 Å². The summed E-state index contributed by atoms with van der Waals surface area (Å²) in [5, 5.41) is 4.42. The minimum Gasteiger partial charge on any atom is -0.344 e. The van der Waals surface area contributed by atoms with Crippen LogP contribution < -0.4 is 0 Å². The molecule has 1 saturated heterocycles. The van der Waals surface area contributed by atoms with Gasteiger partial charge in [0.1, 0.15) is 5.82 Å². The zero-order chi connectivity index (χ0) is 17.6. The lowest BCUT2D eigenvalue weighted by Crippen LogP contribution is -2.20. The highest BCUT2D eigenvalue weighted by atomic mass is 16.2. The number of likely N-dealkylation sites (tertiary alicyclic amines) is 1. The zero-order valence-corrected chi connectivity index (χ0v) is 14.7. The van der Waals surface area contributed by atoms with E-state index >= 15 is 0 Å². The van der Waals surface area contributed by atoms with Gasteiger partial charge in [-0.3, -0.25) is 4.79 Å². The number of rotatable bonds is 3. The van der Waals surface area contributed by atoms with E-state index in [1.165, 1.54) is 5.56 Å². The molecule has 6 nitrogen and oxygen atoms in total. The average molecular weight is 335 g/mol. The van der Waals surface area contributed by atoms with Crippen molar-refractivity contribution in [3.05, 3.63) is 54.1 Å². The second kappa shape index (κ2) is 5.88. The summed E-state index contributed by atoms with van der Waals surface area (Å²) in [7, 11) is 1.85. The molecule has 0 spiro atoms. The Kier molecular flexibility index (Phi) is 3.67. The van der Waals surface area contributed by atoms with Crippen molar-refractivity contribution in [2.75, 3.05) is 13.6 Å². The Hall–Kier alpha value is -2.89. The van der Waals surface area contributed by atoms with Gasteiger partial charge in [0.15, 0.2) is 0 Å². The Morgan fingerprint density at radius 1 is 1.16 bits per heavy atom. The van der Waals surface area contributed by atoms with Crippen LogP contribution in [0.15, 0.2) is 43.0 Å². The summed E-state index contributed by atoms with van der Waals surface area (Å²) in [6, 6.07) is 6.32. The second-order valence-corrected chi connectivity index (χ2v) is 6.72. The summed E-state index contributed by atoms with van der Waals surface area (Å²) in [5.74, 6) is 1.06. The summed E-state index contributed by atoms with van der Waals surface area (Å²) in [4.78, 5) is 18.4. The molecule has 1 unspecified atom stereocenters. The highest BCUT2D eigenvalue weighted by molar-refractivity contribution is 5.79. The molecule has 1 atom stereocenters. The fraction of sp³-hybridized carbons (Fsp3) is 0.316. The Balaban J connectivity index is 1.87. The lowest BCUT2D eigenvalue weighted by Gasteiger charge is -2.18. The summed E-state index contributed by atoms with van der Waals surface area (Å²) < 4.78 is 4.01. The van der Waals surface area contributed by atoms with Gasteiger partial charge in [-0.2, -0.15) is 5.10 Å².